The smallest absolute Gasteiger partial charge is 0.304 e. The third-order valence-corrected chi connectivity index (χ3v) is 7.12. The Kier molecular flexibility index (Phi) is 6.93. The minimum atomic E-state index is -0.837. The molecule has 4 atom stereocenters. The van der Waals surface area contributed by atoms with Crippen LogP contribution >= 0.6 is 0 Å². The van der Waals surface area contributed by atoms with Gasteiger partial charge in [0.2, 0.25) is 5.91 Å². The lowest BCUT2D eigenvalue weighted by molar-refractivity contribution is -0.141. The van der Waals surface area contributed by atoms with Gasteiger partial charge in [0.15, 0.2) is 0 Å². The second-order valence-electron chi connectivity index (χ2n) is 8.77. The standard InChI is InChI=1S/C20H35N5O3/c21-7-3-13-4-8-24(9-5-13)20(28)17-11-14-1-2-15(19(22)23)12-16(14)25(17)10-6-18(26)27/h13-17H,1-12,21H2,(H3,22,23)(H,26,27). The van der Waals surface area contributed by atoms with Crippen molar-refractivity contribution < 1.29 is 14.7 Å². The maximum absolute atomic E-state index is 13.3. The third kappa shape index (κ3) is 4.66. The lowest BCUT2D eigenvalue weighted by Gasteiger charge is -2.38. The molecule has 0 aromatic rings. The van der Waals surface area contributed by atoms with Gasteiger partial charge in [-0.05, 0) is 63.3 Å². The highest BCUT2D eigenvalue weighted by atomic mass is 16.4. The first kappa shape index (κ1) is 21.0. The summed E-state index contributed by atoms with van der Waals surface area (Å²) in [5, 5.41) is 17.0. The van der Waals surface area contributed by atoms with Crippen LogP contribution in [0, 0.1) is 23.2 Å². The highest BCUT2D eigenvalue weighted by molar-refractivity contribution is 5.83. The van der Waals surface area contributed by atoms with Crippen LogP contribution in [0.3, 0.4) is 0 Å². The fourth-order valence-electron chi connectivity index (χ4n) is 5.50. The summed E-state index contributed by atoms with van der Waals surface area (Å²) in [5.41, 5.74) is 11.4. The number of amidine groups is 1. The second kappa shape index (κ2) is 9.22. The molecule has 1 saturated carbocycles. The van der Waals surface area contributed by atoms with Crippen molar-refractivity contribution in [2.75, 3.05) is 26.2 Å². The van der Waals surface area contributed by atoms with Crippen LogP contribution in [-0.2, 0) is 9.59 Å². The first-order valence-corrected chi connectivity index (χ1v) is 10.7. The molecule has 1 amide bonds. The molecule has 158 valence electrons. The van der Waals surface area contributed by atoms with Crippen molar-refractivity contribution in [3.8, 4) is 0 Å². The van der Waals surface area contributed by atoms with E-state index < -0.39 is 5.97 Å². The molecule has 2 aliphatic heterocycles. The van der Waals surface area contributed by atoms with Crippen LogP contribution in [0.25, 0.3) is 0 Å². The van der Waals surface area contributed by atoms with Crippen molar-refractivity contribution in [1.82, 2.24) is 9.80 Å². The van der Waals surface area contributed by atoms with Gasteiger partial charge >= 0.3 is 5.97 Å². The number of piperidine rings is 1. The molecule has 0 aromatic heterocycles. The van der Waals surface area contributed by atoms with E-state index in [1.54, 1.807) is 0 Å². The topological polar surface area (TPSA) is 137 Å². The Labute approximate surface area is 167 Å². The van der Waals surface area contributed by atoms with Gasteiger partial charge in [-0.25, -0.2) is 0 Å². The van der Waals surface area contributed by atoms with E-state index in [-0.39, 0.29) is 36.2 Å². The second-order valence-corrected chi connectivity index (χ2v) is 8.77. The fourth-order valence-corrected chi connectivity index (χ4v) is 5.50. The average molecular weight is 394 g/mol. The Hall–Kier alpha value is -1.67. The number of nitrogens with two attached hydrogens (primary N) is 2. The first-order chi connectivity index (χ1) is 13.4. The van der Waals surface area contributed by atoms with Gasteiger partial charge < -0.3 is 21.5 Å². The van der Waals surface area contributed by atoms with Gasteiger partial charge in [-0.15, -0.1) is 0 Å². The molecule has 3 fully saturated rings. The van der Waals surface area contributed by atoms with E-state index in [9.17, 15) is 14.7 Å². The highest BCUT2D eigenvalue weighted by Crippen LogP contribution is 2.42. The van der Waals surface area contributed by atoms with Gasteiger partial charge in [-0.2, -0.15) is 0 Å². The third-order valence-electron chi connectivity index (χ3n) is 7.12. The molecule has 0 spiro atoms. The minimum absolute atomic E-state index is 0.0380. The van der Waals surface area contributed by atoms with E-state index in [4.69, 9.17) is 16.9 Å². The van der Waals surface area contributed by atoms with Gasteiger partial charge in [0, 0.05) is 31.6 Å². The molecule has 1 aliphatic carbocycles. The van der Waals surface area contributed by atoms with Crippen molar-refractivity contribution in [3.05, 3.63) is 0 Å². The fraction of sp³-hybridized carbons (Fsp3) is 0.850. The number of fused-ring (bicyclic) bond motifs is 1. The number of nitrogens with zero attached hydrogens (tertiary/aromatic N) is 2. The molecule has 4 unspecified atom stereocenters. The summed E-state index contributed by atoms with van der Waals surface area (Å²) < 4.78 is 0. The van der Waals surface area contributed by atoms with E-state index in [0.717, 1.165) is 58.0 Å². The summed E-state index contributed by atoms with van der Waals surface area (Å²) in [4.78, 5) is 28.6. The number of aliphatic carboxylic acids is 1. The van der Waals surface area contributed by atoms with E-state index in [2.05, 4.69) is 4.90 Å². The summed E-state index contributed by atoms with van der Waals surface area (Å²) in [6, 6.07) is -0.0724. The average Bonchev–Trinajstić information content (AvgIpc) is 3.04. The molecular formula is C20H35N5O3. The summed E-state index contributed by atoms with van der Waals surface area (Å²) >= 11 is 0. The largest absolute Gasteiger partial charge is 0.481 e. The molecule has 3 aliphatic rings. The van der Waals surface area contributed by atoms with Gasteiger partial charge in [0.1, 0.15) is 0 Å². The lowest BCUT2D eigenvalue weighted by atomic mass is 9.78. The number of rotatable bonds is 7. The SMILES string of the molecule is N=C(N)C1CCC2CC(C(=O)N3CCC(CCN)CC3)N(CCC(=O)O)C2C1. The maximum Gasteiger partial charge on any atom is 0.304 e. The maximum atomic E-state index is 13.3. The molecule has 0 aromatic carbocycles. The number of carboxylic acids is 1. The van der Waals surface area contributed by atoms with Crippen LogP contribution in [0.1, 0.15) is 51.4 Å². The van der Waals surface area contributed by atoms with Crippen LogP contribution in [0.4, 0.5) is 0 Å². The summed E-state index contributed by atoms with van der Waals surface area (Å²) in [6.07, 6.45) is 6.49. The molecule has 0 bridgehead atoms. The van der Waals surface area contributed by atoms with Gasteiger partial charge in [-0.3, -0.25) is 19.9 Å². The Morgan fingerprint density at radius 3 is 2.43 bits per heavy atom. The molecule has 3 rings (SSSR count). The molecule has 2 heterocycles. The first-order valence-electron chi connectivity index (χ1n) is 10.7. The predicted octanol–water partition coefficient (Wildman–Crippen LogP) is 0.844. The van der Waals surface area contributed by atoms with E-state index in [1.165, 1.54) is 0 Å². The Balaban J connectivity index is 1.68. The Morgan fingerprint density at radius 1 is 1.11 bits per heavy atom. The number of amides is 1. The number of carbonyl (C=O) groups is 2. The van der Waals surface area contributed by atoms with E-state index >= 15 is 0 Å². The van der Waals surface area contributed by atoms with Crippen molar-refractivity contribution in [2.24, 2.45) is 29.2 Å². The summed E-state index contributed by atoms with van der Waals surface area (Å²) in [5.74, 6) is 0.595. The lowest BCUT2D eigenvalue weighted by Crippen LogP contribution is -2.51. The van der Waals surface area contributed by atoms with Crippen molar-refractivity contribution in [2.45, 2.75) is 63.5 Å². The van der Waals surface area contributed by atoms with Crippen LogP contribution in [0.2, 0.25) is 0 Å². The Morgan fingerprint density at radius 2 is 1.82 bits per heavy atom. The Bertz CT molecular complexity index is 590. The van der Waals surface area contributed by atoms with Gasteiger partial charge in [-0.1, -0.05) is 0 Å². The quantitative estimate of drug-likeness (QED) is 0.374. The monoisotopic (exact) mass is 393 g/mol. The van der Waals surface area contributed by atoms with Crippen molar-refractivity contribution in [1.29, 1.82) is 5.41 Å². The zero-order valence-corrected chi connectivity index (χ0v) is 16.7. The number of carboxylic acid groups (broad SMARTS) is 1. The van der Waals surface area contributed by atoms with Gasteiger partial charge in [0.05, 0.1) is 18.3 Å². The molecule has 2 saturated heterocycles. The number of carbonyl (C=O) groups excluding carboxylic acids is 1. The zero-order valence-electron chi connectivity index (χ0n) is 16.7. The van der Waals surface area contributed by atoms with Crippen LogP contribution < -0.4 is 11.5 Å². The number of hydrogen-bond acceptors (Lipinski definition) is 5. The molecule has 8 nitrogen and oxygen atoms in total. The minimum Gasteiger partial charge on any atom is -0.481 e. The molecule has 0 radical (unpaired) electrons. The highest BCUT2D eigenvalue weighted by Gasteiger charge is 2.48. The van der Waals surface area contributed by atoms with Gasteiger partial charge in [0.25, 0.3) is 0 Å². The van der Waals surface area contributed by atoms with E-state index in [1.807, 2.05) is 4.90 Å². The zero-order chi connectivity index (χ0) is 20.3. The van der Waals surface area contributed by atoms with Crippen molar-refractivity contribution >= 4 is 17.7 Å². The number of likely N-dealkylation sites (tertiary alicyclic amines) is 2. The predicted molar refractivity (Wildman–Crippen MR) is 107 cm³/mol. The summed E-state index contributed by atoms with van der Waals surface area (Å²) in [6.45, 7) is 2.64. The number of hydrogen-bond donors (Lipinski definition) is 4. The number of nitrogens with one attached hydrogen (secondary N) is 1. The molecule has 8 heteroatoms. The summed E-state index contributed by atoms with van der Waals surface area (Å²) in [7, 11) is 0. The van der Waals surface area contributed by atoms with E-state index in [0.29, 0.717) is 24.9 Å². The molecule has 28 heavy (non-hydrogen) atoms. The van der Waals surface area contributed by atoms with Crippen molar-refractivity contribution in [3.63, 3.8) is 0 Å². The van der Waals surface area contributed by atoms with Crippen LogP contribution in [-0.4, -0.2) is 70.9 Å². The molecular weight excluding hydrogens is 358 g/mol. The van der Waals surface area contributed by atoms with Crippen LogP contribution in [0.15, 0.2) is 0 Å². The normalized spacial score (nSPS) is 31.5. The van der Waals surface area contributed by atoms with Crippen LogP contribution in [0.5, 0.6) is 0 Å². The molecule has 6 N–H and O–H groups in total.